The first-order valence-electron chi connectivity index (χ1n) is 3.46. The molecule has 3 aliphatic rings. The van der Waals surface area contributed by atoms with Crippen molar-refractivity contribution in [3.8, 4) is 0 Å². The summed E-state index contributed by atoms with van der Waals surface area (Å²) in [5, 5.41) is 8.65. The number of hydrogen-bond acceptors (Lipinski definition) is 1. The molecule has 0 aliphatic heterocycles. The normalized spacial score (nSPS) is 55.2. The number of rotatable bonds is 1. The first kappa shape index (κ1) is 6.53. The molecule has 2 bridgehead atoms. The topological polar surface area (TPSA) is 20.2 Å². The molecule has 3 heteroatoms. The molecule has 0 spiro atoms. The van der Waals surface area contributed by atoms with E-state index in [2.05, 4.69) is 0 Å². The van der Waals surface area contributed by atoms with Crippen LogP contribution < -0.4 is 0 Å². The van der Waals surface area contributed by atoms with Crippen LogP contribution in [0.25, 0.3) is 0 Å². The van der Waals surface area contributed by atoms with Crippen LogP contribution in [0.3, 0.4) is 0 Å². The molecule has 0 heterocycles. The van der Waals surface area contributed by atoms with E-state index in [9.17, 15) is 8.78 Å². The van der Waals surface area contributed by atoms with E-state index < -0.39 is 16.8 Å². The van der Waals surface area contributed by atoms with Crippen LogP contribution in [-0.4, -0.2) is 17.6 Å². The number of halogens is 2. The minimum atomic E-state index is -2.59. The highest BCUT2D eigenvalue weighted by Gasteiger charge is 2.85. The number of aliphatic hydroxyl groups excluding tert-OH is 1. The molecular formula is C7H10F2O. The van der Waals surface area contributed by atoms with Crippen molar-refractivity contribution >= 4 is 0 Å². The van der Waals surface area contributed by atoms with Crippen molar-refractivity contribution in [2.75, 3.05) is 6.61 Å². The van der Waals surface area contributed by atoms with E-state index in [0.29, 0.717) is 12.8 Å². The van der Waals surface area contributed by atoms with Crippen LogP contribution >= 0.6 is 0 Å². The zero-order chi connectivity index (χ0) is 7.62. The van der Waals surface area contributed by atoms with Gasteiger partial charge in [-0.05, 0) is 12.8 Å². The van der Waals surface area contributed by atoms with Gasteiger partial charge in [0.15, 0.2) is 0 Å². The van der Waals surface area contributed by atoms with E-state index >= 15 is 0 Å². The van der Waals surface area contributed by atoms with Crippen LogP contribution in [0.2, 0.25) is 0 Å². The van der Waals surface area contributed by atoms with Gasteiger partial charge in [0.2, 0.25) is 0 Å². The van der Waals surface area contributed by atoms with Crippen LogP contribution in [0.15, 0.2) is 0 Å². The molecule has 0 aromatic heterocycles. The smallest absolute Gasteiger partial charge is 0.261 e. The van der Waals surface area contributed by atoms with Crippen molar-refractivity contribution in [3.63, 3.8) is 0 Å². The average molecular weight is 148 g/mol. The van der Waals surface area contributed by atoms with Crippen LogP contribution in [0.1, 0.15) is 19.8 Å². The molecule has 0 radical (unpaired) electrons. The van der Waals surface area contributed by atoms with Crippen molar-refractivity contribution in [1.29, 1.82) is 0 Å². The Morgan fingerprint density at radius 2 is 1.90 bits per heavy atom. The lowest BCUT2D eigenvalue weighted by atomic mass is 9.33. The molecule has 3 saturated carbocycles. The van der Waals surface area contributed by atoms with Crippen LogP contribution in [-0.2, 0) is 0 Å². The summed E-state index contributed by atoms with van der Waals surface area (Å²) < 4.78 is 25.7. The van der Waals surface area contributed by atoms with Gasteiger partial charge in [-0.15, -0.1) is 0 Å². The van der Waals surface area contributed by atoms with Gasteiger partial charge < -0.3 is 5.11 Å². The van der Waals surface area contributed by atoms with Crippen molar-refractivity contribution in [1.82, 2.24) is 0 Å². The van der Waals surface area contributed by atoms with Gasteiger partial charge in [0.25, 0.3) is 5.92 Å². The monoisotopic (exact) mass is 148 g/mol. The third kappa shape index (κ3) is 0.338. The molecule has 0 atom stereocenters. The van der Waals surface area contributed by atoms with Crippen molar-refractivity contribution in [2.24, 2.45) is 10.8 Å². The summed E-state index contributed by atoms with van der Waals surface area (Å²) in [4.78, 5) is 0. The number of hydrogen-bond donors (Lipinski definition) is 1. The number of alkyl halides is 2. The second-order valence-electron chi connectivity index (χ2n) is 3.93. The molecule has 0 aromatic rings. The van der Waals surface area contributed by atoms with Crippen molar-refractivity contribution in [3.05, 3.63) is 0 Å². The summed E-state index contributed by atoms with van der Waals surface area (Å²) in [7, 11) is 0. The molecule has 1 N–H and O–H groups in total. The lowest BCUT2D eigenvalue weighted by molar-refractivity contribution is -0.413. The van der Waals surface area contributed by atoms with Gasteiger partial charge in [0.1, 0.15) is 0 Å². The summed E-state index contributed by atoms with van der Waals surface area (Å²) in [6, 6.07) is 0. The van der Waals surface area contributed by atoms with E-state index in [1.165, 1.54) is 0 Å². The van der Waals surface area contributed by atoms with Gasteiger partial charge in [-0.3, -0.25) is 0 Å². The Balaban J connectivity index is 2.24. The fourth-order valence-electron chi connectivity index (χ4n) is 2.52. The Labute approximate surface area is 58.0 Å². The second-order valence-corrected chi connectivity index (χ2v) is 3.93. The Hall–Kier alpha value is -0.180. The number of aliphatic hydroxyl groups is 1. The molecule has 58 valence electrons. The fraction of sp³-hybridized carbons (Fsp3) is 1.00. The highest BCUT2D eigenvalue weighted by Crippen LogP contribution is 2.81. The summed E-state index contributed by atoms with van der Waals surface area (Å²) in [6.07, 6.45) is 1.01. The molecule has 10 heavy (non-hydrogen) atoms. The maximum absolute atomic E-state index is 12.9. The lowest BCUT2D eigenvalue weighted by Crippen LogP contribution is -2.79. The van der Waals surface area contributed by atoms with E-state index in [0.717, 1.165) is 0 Å². The third-order valence-corrected chi connectivity index (χ3v) is 3.18. The van der Waals surface area contributed by atoms with Gasteiger partial charge in [0.05, 0.1) is 12.0 Å². The molecule has 0 aromatic carbocycles. The Kier molecular flexibility index (Phi) is 0.812. The maximum Gasteiger partial charge on any atom is 0.261 e. The van der Waals surface area contributed by atoms with Gasteiger partial charge in [-0.2, -0.15) is 0 Å². The van der Waals surface area contributed by atoms with E-state index in [1.807, 2.05) is 0 Å². The van der Waals surface area contributed by atoms with E-state index in [4.69, 9.17) is 5.11 Å². The standard InChI is InChI=1S/C7H10F2O/c1-5-2-6(3-5,4-10)7(5,8)9/h10H,2-4H2,1H3. The average Bonchev–Trinajstić information content (AvgIpc) is 1.82. The molecule has 3 aliphatic carbocycles. The van der Waals surface area contributed by atoms with Crippen LogP contribution in [0.4, 0.5) is 8.78 Å². The van der Waals surface area contributed by atoms with Crippen molar-refractivity contribution < 1.29 is 13.9 Å². The minimum absolute atomic E-state index is 0.352. The highest BCUT2D eigenvalue weighted by atomic mass is 19.3. The molecule has 0 amide bonds. The Bertz CT molecular complexity index is 182. The summed E-state index contributed by atoms with van der Waals surface area (Å²) in [6.45, 7) is 1.24. The highest BCUT2D eigenvalue weighted by molar-refractivity contribution is 5.26. The quantitative estimate of drug-likeness (QED) is 0.596. The SMILES string of the molecule is CC12CC(CO)(C1)C2(F)F. The molecule has 3 rings (SSSR count). The predicted octanol–water partition coefficient (Wildman–Crippen LogP) is 1.41. The Morgan fingerprint density at radius 1 is 1.40 bits per heavy atom. The maximum atomic E-state index is 12.9. The van der Waals surface area contributed by atoms with E-state index in [1.54, 1.807) is 6.92 Å². The van der Waals surface area contributed by atoms with Crippen LogP contribution in [0.5, 0.6) is 0 Å². The molecule has 0 unspecified atom stereocenters. The molecular weight excluding hydrogens is 138 g/mol. The summed E-state index contributed by atoms with van der Waals surface area (Å²) in [5.74, 6) is -2.59. The lowest BCUT2D eigenvalue weighted by Gasteiger charge is -2.73. The minimum Gasteiger partial charge on any atom is -0.396 e. The first-order chi connectivity index (χ1) is 4.47. The third-order valence-electron chi connectivity index (χ3n) is 3.18. The molecule has 3 fully saturated rings. The van der Waals surface area contributed by atoms with Crippen molar-refractivity contribution in [2.45, 2.75) is 25.7 Å². The molecule has 0 saturated heterocycles. The fourth-order valence-corrected chi connectivity index (χ4v) is 2.52. The Morgan fingerprint density at radius 3 is 2.00 bits per heavy atom. The zero-order valence-corrected chi connectivity index (χ0v) is 5.82. The predicted molar refractivity (Wildman–Crippen MR) is 31.8 cm³/mol. The van der Waals surface area contributed by atoms with Gasteiger partial charge in [-0.25, -0.2) is 8.78 Å². The first-order valence-corrected chi connectivity index (χ1v) is 3.46. The second kappa shape index (κ2) is 1.24. The summed E-state index contributed by atoms with van der Waals surface area (Å²) in [5.41, 5.74) is -1.78. The summed E-state index contributed by atoms with van der Waals surface area (Å²) >= 11 is 0. The largest absolute Gasteiger partial charge is 0.396 e. The van der Waals surface area contributed by atoms with Gasteiger partial charge >= 0.3 is 0 Å². The molecule has 1 nitrogen and oxygen atoms in total. The van der Waals surface area contributed by atoms with Gasteiger partial charge in [-0.1, -0.05) is 6.92 Å². The van der Waals surface area contributed by atoms with E-state index in [-0.39, 0.29) is 6.61 Å². The zero-order valence-electron chi connectivity index (χ0n) is 5.82. The van der Waals surface area contributed by atoms with Crippen LogP contribution in [0, 0.1) is 10.8 Å². The van der Waals surface area contributed by atoms with Gasteiger partial charge in [0, 0.05) is 5.41 Å².